The zero-order valence-electron chi connectivity index (χ0n) is 26.3. The number of nitrogens with zero attached hydrogens (tertiary/aromatic N) is 4. The Hall–Kier alpha value is -7.28. The fourth-order valence-corrected chi connectivity index (χ4v) is 8.21. The molecule has 50 heavy (non-hydrogen) atoms. The predicted molar refractivity (Wildman–Crippen MR) is 199 cm³/mol. The van der Waals surface area contributed by atoms with Crippen molar-refractivity contribution >= 4 is 87.5 Å². The highest BCUT2D eigenvalue weighted by Gasteiger charge is 2.26. The number of benzene rings is 7. The Bertz CT molecular complexity index is 3360. The summed E-state index contributed by atoms with van der Waals surface area (Å²) in [7, 11) is 0. The first-order valence-corrected chi connectivity index (χ1v) is 16.4. The second kappa shape index (κ2) is 9.64. The number of nitriles is 2. The van der Waals surface area contributed by atoms with E-state index in [4.69, 9.17) is 8.83 Å². The summed E-state index contributed by atoms with van der Waals surface area (Å²) in [6, 6.07) is 49.5. The van der Waals surface area contributed by atoms with Crippen molar-refractivity contribution in [3.8, 4) is 23.5 Å². The minimum absolute atomic E-state index is 0.393. The summed E-state index contributed by atoms with van der Waals surface area (Å²) in [5.74, 6) is 0. The Morgan fingerprint density at radius 2 is 0.920 bits per heavy atom. The van der Waals surface area contributed by atoms with E-state index in [2.05, 4.69) is 69.8 Å². The van der Waals surface area contributed by atoms with Gasteiger partial charge < -0.3 is 18.0 Å². The molecule has 6 nitrogen and oxygen atoms in total. The second-order valence-electron chi connectivity index (χ2n) is 12.7. The van der Waals surface area contributed by atoms with Gasteiger partial charge in [0.1, 0.15) is 40.0 Å². The fourth-order valence-electron chi connectivity index (χ4n) is 8.21. The van der Waals surface area contributed by atoms with Gasteiger partial charge in [0.05, 0.1) is 49.8 Å². The van der Waals surface area contributed by atoms with Gasteiger partial charge in [-0.1, -0.05) is 72.8 Å². The third kappa shape index (κ3) is 3.29. The average Bonchev–Trinajstić information content (AvgIpc) is 3.91. The molecule has 7 aromatic carbocycles. The number of fused-ring (bicyclic) bond motifs is 14. The summed E-state index contributed by atoms with van der Waals surface area (Å²) in [5.41, 5.74) is 8.80. The predicted octanol–water partition coefficient (Wildman–Crippen LogP) is 11.4. The lowest BCUT2D eigenvalue weighted by Gasteiger charge is -2.17. The smallest absolute Gasteiger partial charge is 0.137 e. The number of hydrogen-bond acceptors (Lipinski definition) is 4. The van der Waals surface area contributed by atoms with Gasteiger partial charge in [0, 0.05) is 32.3 Å². The summed E-state index contributed by atoms with van der Waals surface area (Å²) in [5, 5.41) is 30.0. The Morgan fingerprint density at radius 3 is 1.48 bits per heavy atom. The molecule has 0 fully saturated rings. The molecular weight excluding hydrogens is 617 g/mol. The number of rotatable bonds is 2. The lowest BCUT2D eigenvalue weighted by Crippen LogP contribution is -2.07. The molecule has 0 saturated heterocycles. The van der Waals surface area contributed by atoms with Crippen LogP contribution in [0.3, 0.4) is 0 Å². The maximum atomic E-state index is 11.3. The lowest BCUT2D eigenvalue weighted by atomic mass is 10.0. The topological polar surface area (TPSA) is 83.7 Å². The number of hydrogen-bond donors (Lipinski definition) is 0. The standard InChI is InChI=1S/C44H22N4O2/c45-23-25-17-20-35(47-33-13-5-1-9-26(33)28-18-21-38-40(43(28)47)30-11-3-7-15-36(30)49-38)32(24-46)42(25)48-34-14-6-2-10-27(34)29-19-22-39-41(44(29)48)31-12-4-8-16-37(31)50-39/h1-22H. The molecule has 0 N–H and O–H groups in total. The summed E-state index contributed by atoms with van der Waals surface area (Å²) in [4.78, 5) is 0. The lowest BCUT2D eigenvalue weighted by molar-refractivity contribution is 0.669. The SMILES string of the molecule is N#Cc1ccc(-n2c3ccccc3c3ccc4oc5ccccc5c4c32)c(C#N)c1-n1c2ccccc2c2ccc3oc4ccccc4c3c21. The van der Waals surface area contributed by atoms with Gasteiger partial charge in [-0.15, -0.1) is 0 Å². The van der Waals surface area contributed by atoms with Crippen LogP contribution in [0.15, 0.2) is 142 Å². The average molecular weight is 639 g/mol. The Morgan fingerprint density at radius 1 is 0.420 bits per heavy atom. The van der Waals surface area contributed by atoms with E-state index in [-0.39, 0.29) is 0 Å². The minimum atomic E-state index is 0.393. The van der Waals surface area contributed by atoms with Crippen molar-refractivity contribution in [3.05, 3.63) is 145 Å². The highest BCUT2D eigenvalue weighted by atomic mass is 16.3. The van der Waals surface area contributed by atoms with Crippen LogP contribution in [0.5, 0.6) is 0 Å². The van der Waals surface area contributed by atoms with Gasteiger partial charge in [0.15, 0.2) is 0 Å². The van der Waals surface area contributed by atoms with Gasteiger partial charge in [-0.2, -0.15) is 10.5 Å². The first-order valence-electron chi connectivity index (χ1n) is 16.4. The van der Waals surface area contributed by atoms with Crippen molar-refractivity contribution in [2.24, 2.45) is 0 Å². The molecule has 0 aliphatic rings. The van der Waals surface area contributed by atoms with E-state index in [1.54, 1.807) is 0 Å². The van der Waals surface area contributed by atoms with E-state index >= 15 is 0 Å². The van der Waals surface area contributed by atoms with E-state index < -0.39 is 0 Å². The Kier molecular flexibility index (Phi) is 5.16. The molecule has 6 heteroatoms. The number of aromatic nitrogens is 2. The zero-order valence-corrected chi connectivity index (χ0v) is 26.3. The van der Waals surface area contributed by atoms with Crippen molar-refractivity contribution in [1.82, 2.24) is 9.13 Å². The molecule has 0 saturated carbocycles. The van der Waals surface area contributed by atoms with Gasteiger partial charge in [-0.05, 0) is 60.7 Å². The van der Waals surface area contributed by atoms with Crippen LogP contribution in [0.25, 0.3) is 98.9 Å². The van der Waals surface area contributed by atoms with Gasteiger partial charge >= 0.3 is 0 Å². The first kappa shape index (κ1) is 26.8. The molecule has 4 heterocycles. The summed E-state index contributed by atoms with van der Waals surface area (Å²) in [6.45, 7) is 0. The molecule has 11 rings (SSSR count). The van der Waals surface area contributed by atoms with Crippen LogP contribution < -0.4 is 0 Å². The molecular formula is C44H22N4O2. The fraction of sp³-hybridized carbons (Fsp3) is 0. The van der Waals surface area contributed by atoms with Crippen molar-refractivity contribution in [1.29, 1.82) is 10.5 Å². The van der Waals surface area contributed by atoms with Crippen molar-refractivity contribution in [3.63, 3.8) is 0 Å². The van der Waals surface area contributed by atoms with Crippen molar-refractivity contribution in [2.75, 3.05) is 0 Å². The first-order chi connectivity index (χ1) is 24.7. The maximum Gasteiger partial charge on any atom is 0.137 e. The van der Waals surface area contributed by atoms with E-state index in [0.717, 1.165) is 87.5 Å². The molecule has 0 bridgehead atoms. The van der Waals surface area contributed by atoms with Gasteiger partial charge in [-0.3, -0.25) is 0 Å². The Balaban J connectivity index is 1.36. The summed E-state index contributed by atoms with van der Waals surface area (Å²) < 4.78 is 17.0. The molecule has 230 valence electrons. The van der Waals surface area contributed by atoms with Gasteiger partial charge in [-0.25, -0.2) is 0 Å². The molecule has 0 aliphatic heterocycles. The third-order valence-corrected chi connectivity index (χ3v) is 10.2. The number of para-hydroxylation sites is 4. The number of furan rings is 2. The summed E-state index contributed by atoms with van der Waals surface area (Å²) in [6.07, 6.45) is 0. The summed E-state index contributed by atoms with van der Waals surface area (Å²) >= 11 is 0. The van der Waals surface area contributed by atoms with Crippen LogP contribution in [0.4, 0.5) is 0 Å². The van der Waals surface area contributed by atoms with Crippen LogP contribution in [0, 0.1) is 22.7 Å². The highest BCUT2D eigenvalue weighted by molar-refractivity contribution is 6.26. The van der Waals surface area contributed by atoms with Crippen LogP contribution >= 0.6 is 0 Å². The molecule has 11 aromatic rings. The minimum Gasteiger partial charge on any atom is -0.456 e. The highest BCUT2D eigenvalue weighted by Crippen LogP contribution is 2.45. The molecule has 0 unspecified atom stereocenters. The van der Waals surface area contributed by atoms with E-state index in [1.807, 2.05) is 84.9 Å². The molecule has 0 aliphatic carbocycles. The van der Waals surface area contributed by atoms with Crippen molar-refractivity contribution in [2.45, 2.75) is 0 Å². The monoisotopic (exact) mass is 638 g/mol. The molecule has 0 radical (unpaired) electrons. The largest absolute Gasteiger partial charge is 0.456 e. The van der Waals surface area contributed by atoms with Gasteiger partial charge in [0.2, 0.25) is 0 Å². The molecule has 0 spiro atoms. The zero-order chi connectivity index (χ0) is 33.1. The normalized spacial score (nSPS) is 12.0. The molecule has 0 amide bonds. The molecule has 4 aromatic heterocycles. The quantitative estimate of drug-likeness (QED) is 0.189. The van der Waals surface area contributed by atoms with Crippen molar-refractivity contribution < 1.29 is 8.83 Å². The maximum absolute atomic E-state index is 11.3. The van der Waals surface area contributed by atoms with E-state index in [9.17, 15) is 10.5 Å². The van der Waals surface area contributed by atoms with E-state index in [1.165, 1.54) is 0 Å². The Labute approximate surface area is 283 Å². The van der Waals surface area contributed by atoms with E-state index in [0.29, 0.717) is 22.5 Å². The van der Waals surface area contributed by atoms with Gasteiger partial charge in [0.25, 0.3) is 0 Å². The second-order valence-corrected chi connectivity index (χ2v) is 12.7. The molecule has 0 atom stereocenters. The van der Waals surface area contributed by atoms with Crippen LogP contribution in [-0.2, 0) is 0 Å². The van der Waals surface area contributed by atoms with Crippen LogP contribution in [-0.4, -0.2) is 9.13 Å². The van der Waals surface area contributed by atoms with Crippen LogP contribution in [0.1, 0.15) is 11.1 Å². The van der Waals surface area contributed by atoms with Crippen LogP contribution in [0.2, 0.25) is 0 Å². The third-order valence-electron chi connectivity index (χ3n) is 10.2.